The zero-order valence-corrected chi connectivity index (χ0v) is 17.7. The van der Waals surface area contributed by atoms with E-state index in [1.54, 1.807) is 0 Å². The summed E-state index contributed by atoms with van der Waals surface area (Å²) in [4.78, 5) is 0. The second-order valence-electron chi connectivity index (χ2n) is 8.47. The van der Waals surface area contributed by atoms with Crippen molar-refractivity contribution < 1.29 is 0 Å². The van der Waals surface area contributed by atoms with Crippen LogP contribution in [0.3, 0.4) is 0 Å². The minimum absolute atomic E-state index is 0.329. The Bertz CT molecular complexity index is 234. The molecule has 0 aromatic heterocycles. The van der Waals surface area contributed by atoms with Crippen molar-refractivity contribution in [3.05, 3.63) is 0 Å². The standard InChI is InChI=1S/C23H49N/c1-5-7-8-9-10-11-12-13-14-15-16-17-18-19-20-21-22-24-23(3,4)6-2/h24H,5-22H2,1-4H3. The van der Waals surface area contributed by atoms with Gasteiger partial charge in [0.2, 0.25) is 0 Å². The zero-order chi connectivity index (χ0) is 17.9. The summed E-state index contributed by atoms with van der Waals surface area (Å²) in [7, 11) is 0. The lowest BCUT2D eigenvalue weighted by Gasteiger charge is -2.24. The van der Waals surface area contributed by atoms with Crippen LogP contribution in [0.4, 0.5) is 0 Å². The molecule has 0 fully saturated rings. The molecular weight excluding hydrogens is 290 g/mol. The maximum Gasteiger partial charge on any atom is 0.0122 e. The van der Waals surface area contributed by atoms with Crippen molar-refractivity contribution in [2.75, 3.05) is 6.54 Å². The molecule has 0 aromatic carbocycles. The summed E-state index contributed by atoms with van der Waals surface area (Å²) in [5, 5.41) is 3.66. The van der Waals surface area contributed by atoms with Crippen LogP contribution in [0.25, 0.3) is 0 Å². The van der Waals surface area contributed by atoms with Crippen molar-refractivity contribution in [1.29, 1.82) is 0 Å². The number of rotatable bonds is 19. The van der Waals surface area contributed by atoms with Gasteiger partial charge < -0.3 is 5.32 Å². The van der Waals surface area contributed by atoms with E-state index in [2.05, 4.69) is 33.0 Å². The lowest BCUT2D eigenvalue weighted by molar-refractivity contribution is 0.370. The highest BCUT2D eigenvalue weighted by Gasteiger charge is 2.12. The summed E-state index contributed by atoms with van der Waals surface area (Å²) in [6.07, 6.45) is 24.4. The first-order valence-electron chi connectivity index (χ1n) is 11.4. The molecule has 0 aliphatic rings. The van der Waals surface area contributed by atoms with Gasteiger partial charge in [-0.1, -0.05) is 110 Å². The van der Waals surface area contributed by atoms with E-state index in [4.69, 9.17) is 0 Å². The molecule has 1 heteroatoms. The lowest BCUT2D eigenvalue weighted by atomic mass is 10.0. The van der Waals surface area contributed by atoms with Gasteiger partial charge in [0.25, 0.3) is 0 Å². The molecule has 0 aromatic rings. The van der Waals surface area contributed by atoms with Gasteiger partial charge in [0, 0.05) is 5.54 Å². The molecule has 0 bridgehead atoms. The molecule has 0 radical (unpaired) electrons. The van der Waals surface area contributed by atoms with Gasteiger partial charge in [-0.3, -0.25) is 0 Å². The van der Waals surface area contributed by atoms with E-state index in [1.807, 2.05) is 0 Å². The van der Waals surface area contributed by atoms with Crippen LogP contribution in [-0.4, -0.2) is 12.1 Å². The molecule has 0 aliphatic carbocycles. The second-order valence-corrected chi connectivity index (χ2v) is 8.47. The normalized spacial score (nSPS) is 12.0. The SMILES string of the molecule is CCCCCCCCCCCCCCCCCCNC(C)(C)CC. The van der Waals surface area contributed by atoms with E-state index < -0.39 is 0 Å². The molecule has 0 rings (SSSR count). The summed E-state index contributed by atoms with van der Waals surface area (Å²) >= 11 is 0. The summed E-state index contributed by atoms with van der Waals surface area (Å²) in [5.74, 6) is 0. The quantitative estimate of drug-likeness (QED) is 0.235. The zero-order valence-electron chi connectivity index (χ0n) is 17.7. The monoisotopic (exact) mass is 339 g/mol. The van der Waals surface area contributed by atoms with E-state index in [-0.39, 0.29) is 0 Å². The topological polar surface area (TPSA) is 12.0 Å². The molecule has 0 aliphatic heterocycles. The number of nitrogens with one attached hydrogen (secondary N) is 1. The Labute approximate surface area is 154 Å². The molecular formula is C23H49N. The molecule has 0 saturated carbocycles. The minimum Gasteiger partial charge on any atom is -0.312 e. The van der Waals surface area contributed by atoms with Gasteiger partial charge >= 0.3 is 0 Å². The van der Waals surface area contributed by atoms with Gasteiger partial charge in [0.1, 0.15) is 0 Å². The van der Waals surface area contributed by atoms with E-state index in [0.29, 0.717) is 5.54 Å². The van der Waals surface area contributed by atoms with Crippen molar-refractivity contribution in [3.8, 4) is 0 Å². The average Bonchev–Trinajstić information content (AvgIpc) is 2.57. The van der Waals surface area contributed by atoms with Gasteiger partial charge in [-0.15, -0.1) is 0 Å². The first-order valence-corrected chi connectivity index (χ1v) is 11.4. The highest BCUT2D eigenvalue weighted by molar-refractivity contribution is 4.74. The Morgan fingerprint density at radius 1 is 0.500 bits per heavy atom. The predicted molar refractivity (Wildman–Crippen MR) is 112 cm³/mol. The van der Waals surface area contributed by atoms with E-state index >= 15 is 0 Å². The van der Waals surface area contributed by atoms with E-state index in [1.165, 1.54) is 116 Å². The molecule has 0 atom stereocenters. The van der Waals surface area contributed by atoms with Crippen LogP contribution in [0.15, 0.2) is 0 Å². The Morgan fingerprint density at radius 3 is 1.17 bits per heavy atom. The van der Waals surface area contributed by atoms with E-state index in [9.17, 15) is 0 Å². The summed E-state index contributed by atoms with van der Waals surface area (Å²) < 4.78 is 0. The largest absolute Gasteiger partial charge is 0.312 e. The van der Waals surface area contributed by atoms with Crippen LogP contribution in [0.2, 0.25) is 0 Å². The highest BCUT2D eigenvalue weighted by Crippen LogP contribution is 2.14. The van der Waals surface area contributed by atoms with Crippen LogP contribution in [0.5, 0.6) is 0 Å². The Morgan fingerprint density at radius 2 is 0.833 bits per heavy atom. The first-order chi connectivity index (χ1) is 11.6. The van der Waals surface area contributed by atoms with Crippen LogP contribution in [-0.2, 0) is 0 Å². The molecule has 146 valence electrons. The van der Waals surface area contributed by atoms with Crippen LogP contribution < -0.4 is 5.32 Å². The molecule has 0 heterocycles. The number of hydrogen-bond donors (Lipinski definition) is 1. The third-order valence-corrected chi connectivity index (χ3v) is 5.52. The van der Waals surface area contributed by atoms with Crippen molar-refractivity contribution in [2.24, 2.45) is 0 Å². The van der Waals surface area contributed by atoms with Crippen molar-refractivity contribution >= 4 is 0 Å². The van der Waals surface area contributed by atoms with Crippen LogP contribution in [0.1, 0.15) is 137 Å². The lowest BCUT2D eigenvalue weighted by Crippen LogP contribution is -2.38. The molecule has 1 N–H and O–H groups in total. The Kier molecular flexibility index (Phi) is 17.7. The van der Waals surface area contributed by atoms with Gasteiger partial charge in [0.15, 0.2) is 0 Å². The smallest absolute Gasteiger partial charge is 0.0122 e. The number of unbranched alkanes of at least 4 members (excludes halogenated alkanes) is 15. The van der Waals surface area contributed by atoms with E-state index in [0.717, 1.165) is 0 Å². The third-order valence-electron chi connectivity index (χ3n) is 5.52. The maximum absolute atomic E-state index is 3.66. The average molecular weight is 340 g/mol. The number of hydrogen-bond acceptors (Lipinski definition) is 1. The fraction of sp³-hybridized carbons (Fsp3) is 1.00. The molecule has 1 nitrogen and oxygen atoms in total. The molecule has 0 unspecified atom stereocenters. The van der Waals surface area contributed by atoms with Gasteiger partial charge in [-0.2, -0.15) is 0 Å². The molecule has 0 amide bonds. The summed E-state index contributed by atoms with van der Waals surface area (Å²) in [6, 6.07) is 0. The van der Waals surface area contributed by atoms with Gasteiger partial charge in [0.05, 0.1) is 0 Å². The van der Waals surface area contributed by atoms with Crippen molar-refractivity contribution in [3.63, 3.8) is 0 Å². The van der Waals surface area contributed by atoms with Gasteiger partial charge in [-0.05, 0) is 33.2 Å². The third kappa shape index (κ3) is 18.3. The second kappa shape index (κ2) is 17.8. The first kappa shape index (κ1) is 24.0. The molecule has 0 spiro atoms. The van der Waals surface area contributed by atoms with Crippen LogP contribution in [0, 0.1) is 0 Å². The fourth-order valence-corrected chi connectivity index (χ4v) is 3.22. The highest BCUT2D eigenvalue weighted by atomic mass is 14.9. The summed E-state index contributed by atoms with van der Waals surface area (Å²) in [6.45, 7) is 10.4. The Balaban J connectivity index is 3.05. The van der Waals surface area contributed by atoms with Crippen molar-refractivity contribution in [1.82, 2.24) is 5.32 Å². The maximum atomic E-state index is 3.66. The summed E-state index contributed by atoms with van der Waals surface area (Å²) in [5.41, 5.74) is 0.329. The van der Waals surface area contributed by atoms with Crippen molar-refractivity contribution in [2.45, 2.75) is 142 Å². The van der Waals surface area contributed by atoms with Crippen LogP contribution >= 0.6 is 0 Å². The molecule has 24 heavy (non-hydrogen) atoms. The molecule has 0 saturated heterocycles. The fourth-order valence-electron chi connectivity index (χ4n) is 3.22. The minimum atomic E-state index is 0.329. The predicted octanol–water partition coefficient (Wildman–Crippen LogP) is 8.03. The Hall–Kier alpha value is -0.0400. The van der Waals surface area contributed by atoms with Gasteiger partial charge in [-0.25, -0.2) is 0 Å².